The largest absolute Gasteiger partial charge is 0.496 e. The molecule has 3 aromatic carbocycles. The second-order valence-electron chi connectivity index (χ2n) is 9.24. The molecule has 37 heavy (non-hydrogen) atoms. The highest BCUT2D eigenvalue weighted by atomic mass is 32.1. The summed E-state index contributed by atoms with van der Waals surface area (Å²) >= 11 is 1.42. The number of carboxylic acids is 1. The first-order valence-electron chi connectivity index (χ1n) is 12.1. The average Bonchev–Trinajstić information content (AvgIpc) is 3.50. The van der Waals surface area contributed by atoms with Crippen LogP contribution in [0.4, 0.5) is 0 Å². The first-order chi connectivity index (χ1) is 17.9. The fourth-order valence-corrected chi connectivity index (χ4v) is 6.05. The van der Waals surface area contributed by atoms with Crippen molar-refractivity contribution in [3.63, 3.8) is 0 Å². The number of fused-ring (bicyclic) bond motifs is 2. The third-order valence-corrected chi connectivity index (χ3v) is 7.96. The van der Waals surface area contributed by atoms with Gasteiger partial charge in [-0.15, -0.1) is 11.3 Å². The zero-order chi connectivity index (χ0) is 26.1. The minimum Gasteiger partial charge on any atom is -0.496 e. The molecule has 1 aliphatic rings. The standard InChI is InChI=1S/C29H29NO6S/c1-16-22(34-2)13-19(14-23(16)35-3)28(31)24(36-20-11-17-7-4-5-8-18(17)12-20)15-26-30-27-21(29(32)33)9-6-10-25(27)37-26/h4-10,13-14,20,24,28,31H,11-12,15H2,1-3H3,(H,32,33). The maximum atomic E-state index is 11.7. The van der Waals surface area contributed by atoms with Crippen LogP contribution in [0.5, 0.6) is 11.5 Å². The number of aromatic carboxylic acids is 1. The lowest BCUT2D eigenvalue weighted by atomic mass is 9.99. The van der Waals surface area contributed by atoms with E-state index in [1.807, 2.05) is 37.3 Å². The number of hydrogen-bond donors (Lipinski definition) is 2. The number of carbonyl (C=O) groups is 1. The number of nitrogens with zero attached hydrogens (tertiary/aromatic N) is 1. The molecule has 1 heterocycles. The van der Waals surface area contributed by atoms with Crippen LogP contribution >= 0.6 is 11.3 Å². The van der Waals surface area contributed by atoms with Crippen molar-refractivity contribution >= 4 is 27.5 Å². The molecule has 2 N–H and O–H groups in total. The molecule has 0 spiro atoms. The lowest BCUT2D eigenvalue weighted by Crippen LogP contribution is -2.30. The Morgan fingerprint density at radius 2 is 1.70 bits per heavy atom. The minimum atomic E-state index is -1.02. The summed E-state index contributed by atoms with van der Waals surface area (Å²) in [5.74, 6) is 0.218. The molecule has 2 unspecified atom stereocenters. The second-order valence-corrected chi connectivity index (χ2v) is 10.4. The van der Waals surface area contributed by atoms with Gasteiger partial charge in [0.25, 0.3) is 0 Å². The Morgan fingerprint density at radius 3 is 2.30 bits per heavy atom. The van der Waals surface area contributed by atoms with Crippen LogP contribution < -0.4 is 9.47 Å². The van der Waals surface area contributed by atoms with Gasteiger partial charge in [0.2, 0.25) is 0 Å². The summed E-state index contributed by atoms with van der Waals surface area (Å²) in [5, 5.41) is 21.9. The number of methoxy groups -OCH3 is 2. The van der Waals surface area contributed by atoms with Crippen molar-refractivity contribution in [2.45, 2.75) is 44.5 Å². The predicted octanol–water partition coefficient (Wildman–Crippen LogP) is 5.15. The lowest BCUT2D eigenvalue weighted by Gasteiger charge is -2.27. The predicted molar refractivity (Wildman–Crippen MR) is 142 cm³/mol. The van der Waals surface area contributed by atoms with Crippen molar-refractivity contribution < 1.29 is 29.2 Å². The van der Waals surface area contributed by atoms with Crippen LogP contribution in [0.1, 0.15) is 43.7 Å². The molecule has 1 aromatic heterocycles. The number of aliphatic hydroxyl groups excluding tert-OH is 1. The van der Waals surface area contributed by atoms with E-state index in [0.29, 0.717) is 34.0 Å². The molecule has 2 atom stereocenters. The van der Waals surface area contributed by atoms with Crippen LogP contribution in [0.2, 0.25) is 0 Å². The molecule has 0 amide bonds. The number of rotatable bonds is 9. The average molecular weight is 520 g/mol. The van der Waals surface area contributed by atoms with Gasteiger partial charge in [-0.25, -0.2) is 9.78 Å². The Balaban J connectivity index is 1.49. The lowest BCUT2D eigenvalue weighted by molar-refractivity contribution is -0.0743. The van der Waals surface area contributed by atoms with Crippen LogP contribution in [-0.2, 0) is 24.0 Å². The zero-order valence-electron chi connectivity index (χ0n) is 20.9. The molecular formula is C29H29NO6S. The van der Waals surface area contributed by atoms with Crippen LogP contribution in [0, 0.1) is 6.92 Å². The van der Waals surface area contributed by atoms with Crippen molar-refractivity contribution in [2.24, 2.45) is 0 Å². The van der Waals surface area contributed by atoms with Gasteiger partial charge in [-0.1, -0.05) is 30.3 Å². The number of aliphatic hydroxyl groups is 1. The maximum absolute atomic E-state index is 11.7. The quantitative estimate of drug-likeness (QED) is 0.316. The van der Waals surface area contributed by atoms with Crippen molar-refractivity contribution in [1.82, 2.24) is 4.98 Å². The molecule has 0 saturated carbocycles. The molecule has 1 aliphatic carbocycles. The van der Waals surface area contributed by atoms with Crippen molar-refractivity contribution in [2.75, 3.05) is 14.2 Å². The van der Waals surface area contributed by atoms with E-state index in [2.05, 4.69) is 17.1 Å². The summed E-state index contributed by atoms with van der Waals surface area (Å²) in [6.07, 6.45) is 0.162. The van der Waals surface area contributed by atoms with E-state index < -0.39 is 18.2 Å². The summed E-state index contributed by atoms with van der Waals surface area (Å²) in [6, 6.07) is 17.0. The smallest absolute Gasteiger partial charge is 0.337 e. The van der Waals surface area contributed by atoms with Gasteiger partial charge in [-0.2, -0.15) is 0 Å². The highest BCUT2D eigenvalue weighted by molar-refractivity contribution is 7.18. The van der Waals surface area contributed by atoms with E-state index in [4.69, 9.17) is 14.2 Å². The Labute approximate surface area is 219 Å². The van der Waals surface area contributed by atoms with Crippen molar-refractivity contribution in [1.29, 1.82) is 0 Å². The summed E-state index contributed by atoms with van der Waals surface area (Å²) in [7, 11) is 3.17. The van der Waals surface area contributed by atoms with Crippen LogP contribution in [0.15, 0.2) is 54.6 Å². The molecule has 4 aromatic rings. The van der Waals surface area contributed by atoms with Gasteiger partial charge in [0.1, 0.15) is 17.6 Å². The monoisotopic (exact) mass is 519 g/mol. The summed E-state index contributed by atoms with van der Waals surface area (Å²) in [6.45, 7) is 1.90. The first-order valence-corrected chi connectivity index (χ1v) is 12.9. The van der Waals surface area contributed by atoms with Crippen LogP contribution in [0.25, 0.3) is 10.2 Å². The van der Waals surface area contributed by atoms with E-state index >= 15 is 0 Å². The first kappa shape index (κ1) is 25.2. The van der Waals surface area contributed by atoms with Gasteiger partial charge in [0.15, 0.2) is 0 Å². The number of thiazole rings is 1. The van der Waals surface area contributed by atoms with Crippen molar-refractivity contribution in [3.05, 3.63) is 87.4 Å². The summed E-state index contributed by atoms with van der Waals surface area (Å²) in [5.41, 5.74) is 4.59. The van der Waals surface area contributed by atoms with Gasteiger partial charge < -0.3 is 24.4 Å². The summed E-state index contributed by atoms with van der Waals surface area (Å²) < 4.78 is 18.4. The number of benzene rings is 3. The number of aromatic nitrogens is 1. The van der Waals surface area contributed by atoms with Crippen LogP contribution in [-0.4, -0.2) is 47.6 Å². The van der Waals surface area contributed by atoms with Crippen molar-refractivity contribution in [3.8, 4) is 11.5 Å². The Hall–Kier alpha value is -3.46. The zero-order valence-corrected chi connectivity index (χ0v) is 21.7. The highest BCUT2D eigenvalue weighted by Crippen LogP contribution is 2.36. The molecule has 0 fully saturated rings. The van der Waals surface area contributed by atoms with E-state index in [-0.39, 0.29) is 11.7 Å². The van der Waals surface area contributed by atoms with Gasteiger partial charge in [-0.3, -0.25) is 0 Å². The molecule has 0 radical (unpaired) electrons. The molecule has 0 saturated heterocycles. The topological polar surface area (TPSA) is 98.1 Å². The highest BCUT2D eigenvalue weighted by Gasteiger charge is 2.31. The van der Waals surface area contributed by atoms with E-state index in [1.54, 1.807) is 26.4 Å². The molecular weight excluding hydrogens is 490 g/mol. The van der Waals surface area contributed by atoms with E-state index in [0.717, 1.165) is 23.1 Å². The SMILES string of the molecule is COc1cc(C(O)C(Cc2nc3c(C(=O)O)cccc3s2)OC2Cc3ccccc3C2)cc(OC)c1C. The normalized spacial score (nSPS) is 14.9. The Bertz CT molecular complexity index is 1400. The summed E-state index contributed by atoms with van der Waals surface area (Å²) in [4.78, 5) is 16.3. The Morgan fingerprint density at radius 1 is 1.05 bits per heavy atom. The molecule has 192 valence electrons. The number of para-hydroxylation sites is 1. The molecule has 5 rings (SSSR count). The third kappa shape index (κ3) is 5.05. The molecule has 0 bridgehead atoms. The fourth-order valence-electron chi connectivity index (χ4n) is 5.01. The van der Waals surface area contributed by atoms with Gasteiger partial charge in [0.05, 0.1) is 47.2 Å². The molecule has 0 aliphatic heterocycles. The van der Waals surface area contributed by atoms with Gasteiger partial charge in [-0.05, 0) is 60.7 Å². The van der Waals surface area contributed by atoms with E-state index in [9.17, 15) is 15.0 Å². The molecule has 7 nitrogen and oxygen atoms in total. The fraction of sp³-hybridized carbons (Fsp3) is 0.310. The number of hydrogen-bond acceptors (Lipinski definition) is 7. The third-order valence-electron chi connectivity index (χ3n) is 6.92. The number of ether oxygens (including phenoxy) is 3. The minimum absolute atomic E-state index is 0.0877. The van der Waals surface area contributed by atoms with E-state index in [1.165, 1.54) is 22.5 Å². The number of carboxylic acid groups (broad SMARTS) is 1. The van der Waals surface area contributed by atoms with Gasteiger partial charge >= 0.3 is 5.97 Å². The maximum Gasteiger partial charge on any atom is 0.337 e. The Kier molecular flexibility index (Phi) is 7.15. The second kappa shape index (κ2) is 10.5. The molecule has 8 heteroatoms. The van der Waals surface area contributed by atoms with Gasteiger partial charge in [0, 0.05) is 12.0 Å². The van der Waals surface area contributed by atoms with Crippen LogP contribution in [0.3, 0.4) is 0 Å².